The Morgan fingerprint density at radius 3 is 2.19 bits per heavy atom. The molecule has 0 unspecified atom stereocenters. The lowest BCUT2D eigenvalue weighted by Crippen LogP contribution is -2.25. The number of ether oxygens (including phenoxy) is 2. The molecule has 2 aromatic carbocycles. The molecule has 0 radical (unpaired) electrons. The van der Waals surface area contributed by atoms with Gasteiger partial charge in [-0.1, -0.05) is 35.3 Å². The van der Waals surface area contributed by atoms with Crippen LogP contribution in [0.25, 0.3) is 22.4 Å². The summed E-state index contributed by atoms with van der Waals surface area (Å²) in [5.41, 5.74) is 1.27. The Labute approximate surface area is 189 Å². The number of pyridine rings is 1. The number of nitrogens with zero attached hydrogens (tertiary/aromatic N) is 1. The summed E-state index contributed by atoms with van der Waals surface area (Å²) in [6.07, 6.45) is 0. The highest BCUT2D eigenvalue weighted by atomic mass is 35.5. The number of hydrogen-bond donors (Lipinski definition) is 1. The van der Waals surface area contributed by atoms with Crippen LogP contribution in [0.3, 0.4) is 0 Å². The standard InChI is InChI=1S/C23H21Cl2NO5/c1-5-26-12(2)19(13-7-9-17(30-3)18(11-13)31-4)22(27)20(23(28)29)21(26)14-6-8-15(24)16(25)10-14/h6-11H,5H2,1-4H3,(H,28,29). The van der Waals surface area contributed by atoms with Gasteiger partial charge in [-0.05, 0) is 43.7 Å². The molecular formula is C23H21Cl2NO5. The maximum absolute atomic E-state index is 13.5. The fourth-order valence-electron chi connectivity index (χ4n) is 3.70. The topological polar surface area (TPSA) is 77.8 Å². The SMILES string of the molecule is CCn1c(C)c(-c2ccc(OC)c(OC)c2)c(=O)c(C(=O)O)c1-c1ccc(Cl)c(Cl)c1. The minimum atomic E-state index is -1.32. The maximum atomic E-state index is 13.5. The number of hydrogen-bond acceptors (Lipinski definition) is 4. The number of carboxylic acids is 1. The van der Waals surface area contributed by atoms with E-state index in [1.54, 1.807) is 47.9 Å². The number of aromatic carboxylic acids is 1. The number of halogens is 2. The number of carbonyl (C=O) groups is 1. The Bertz CT molecular complexity index is 1230. The number of aromatic nitrogens is 1. The summed E-state index contributed by atoms with van der Waals surface area (Å²) >= 11 is 12.2. The number of carboxylic acid groups (broad SMARTS) is 1. The van der Waals surface area contributed by atoms with Crippen molar-refractivity contribution in [3.05, 3.63) is 67.9 Å². The third-order valence-electron chi connectivity index (χ3n) is 5.12. The molecule has 0 aliphatic heterocycles. The van der Waals surface area contributed by atoms with E-state index in [1.165, 1.54) is 14.2 Å². The molecule has 1 aromatic heterocycles. The van der Waals surface area contributed by atoms with Crippen LogP contribution in [0.15, 0.2) is 41.2 Å². The molecule has 0 aliphatic rings. The van der Waals surface area contributed by atoms with E-state index in [1.807, 2.05) is 6.92 Å². The summed E-state index contributed by atoms with van der Waals surface area (Å²) in [4.78, 5) is 25.7. The zero-order valence-electron chi connectivity index (χ0n) is 17.5. The van der Waals surface area contributed by atoms with Crippen LogP contribution in [-0.2, 0) is 6.54 Å². The van der Waals surface area contributed by atoms with Crippen LogP contribution in [0.1, 0.15) is 23.0 Å². The predicted octanol–water partition coefficient (Wildman–Crippen LogP) is 5.53. The van der Waals surface area contributed by atoms with Crippen LogP contribution in [-0.4, -0.2) is 29.9 Å². The first kappa shape index (κ1) is 22.7. The van der Waals surface area contributed by atoms with Crippen molar-refractivity contribution in [3.63, 3.8) is 0 Å². The highest BCUT2D eigenvalue weighted by Gasteiger charge is 2.26. The van der Waals surface area contributed by atoms with E-state index in [4.69, 9.17) is 32.7 Å². The van der Waals surface area contributed by atoms with Crippen molar-refractivity contribution < 1.29 is 19.4 Å². The lowest BCUT2D eigenvalue weighted by Gasteiger charge is -2.21. The van der Waals surface area contributed by atoms with Gasteiger partial charge in [0.1, 0.15) is 5.56 Å². The number of methoxy groups -OCH3 is 2. The molecule has 0 spiro atoms. The van der Waals surface area contributed by atoms with Crippen molar-refractivity contribution in [1.29, 1.82) is 0 Å². The molecule has 0 saturated heterocycles. The first-order valence-electron chi connectivity index (χ1n) is 9.43. The third-order valence-corrected chi connectivity index (χ3v) is 5.86. The van der Waals surface area contributed by atoms with Gasteiger partial charge >= 0.3 is 5.97 Å². The number of rotatable bonds is 6. The summed E-state index contributed by atoms with van der Waals surface area (Å²) in [7, 11) is 3.01. The summed E-state index contributed by atoms with van der Waals surface area (Å²) < 4.78 is 12.4. The highest BCUT2D eigenvalue weighted by molar-refractivity contribution is 6.42. The normalized spacial score (nSPS) is 10.8. The first-order chi connectivity index (χ1) is 14.7. The molecule has 0 bridgehead atoms. The Balaban J connectivity index is 2.42. The van der Waals surface area contributed by atoms with Crippen molar-refractivity contribution >= 4 is 29.2 Å². The van der Waals surface area contributed by atoms with Gasteiger partial charge in [0, 0.05) is 23.4 Å². The van der Waals surface area contributed by atoms with Crippen molar-refractivity contribution in [2.75, 3.05) is 14.2 Å². The van der Waals surface area contributed by atoms with Crippen molar-refractivity contribution in [1.82, 2.24) is 4.57 Å². The van der Waals surface area contributed by atoms with Gasteiger partial charge in [-0.2, -0.15) is 0 Å². The Hall–Kier alpha value is -2.96. The van der Waals surface area contributed by atoms with Crippen molar-refractivity contribution in [2.24, 2.45) is 0 Å². The van der Waals surface area contributed by atoms with Crippen LogP contribution in [0, 0.1) is 6.92 Å². The van der Waals surface area contributed by atoms with Gasteiger partial charge in [0.25, 0.3) is 0 Å². The Morgan fingerprint density at radius 1 is 1.00 bits per heavy atom. The van der Waals surface area contributed by atoms with Crippen LogP contribution >= 0.6 is 23.2 Å². The van der Waals surface area contributed by atoms with Gasteiger partial charge in [-0.25, -0.2) is 4.79 Å². The fourth-order valence-corrected chi connectivity index (χ4v) is 4.00. The smallest absolute Gasteiger partial charge is 0.341 e. The van der Waals surface area contributed by atoms with Crippen LogP contribution in [0.2, 0.25) is 10.0 Å². The second kappa shape index (κ2) is 9.04. The molecule has 31 heavy (non-hydrogen) atoms. The van der Waals surface area contributed by atoms with E-state index in [0.29, 0.717) is 39.9 Å². The monoisotopic (exact) mass is 461 g/mol. The number of benzene rings is 2. The van der Waals surface area contributed by atoms with Gasteiger partial charge in [0.2, 0.25) is 5.43 Å². The molecule has 0 saturated carbocycles. The fraction of sp³-hybridized carbons (Fsp3) is 0.217. The average molecular weight is 462 g/mol. The minimum absolute atomic E-state index is 0.271. The predicted molar refractivity (Wildman–Crippen MR) is 122 cm³/mol. The quantitative estimate of drug-likeness (QED) is 0.521. The van der Waals surface area contributed by atoms with E-state index >= 15 is 0 Å². The van der Waals surface area contributed by atoms with E-state index in [9.17, 15) is 14.7 Å². The van der Waals surface area contributed by atoms with E-state index in [2.05, 4.69) is 0 Å². The maximum Gasteiger partial charge on any atom is 0.341 e. The van der Waals surface area contributed by atoms with Crippen LogP contribution in [0.5, 0.6) is 11.5 Å². The Kier molecular flexibility index (Phi) is 6.62. The molecule has 162 valence electrons. The molecule has 3 aromatic rings. The second-order valence-electron chi connectivity index (χ2n) is 6.76. The summed E-state index contributed by atoms with van der Waals surface area (Å²) in [5.74, 6) is -0.382. The van der Waals surface area contributed by atoms with Gasteiger partial charge < -0.3 is 19.1 Å². The average Bonchev–Trinajstić information content (AvgIpc) is 2.74. The largest absolute Gasteiger partial charge is 0.493 e. The Morgan fingerprint density at radius 2 is 1.65 bits per heavy atom. The molecule has 0 aliphatic carbocycles. The summed E-state index contributed by atoms with van der Waals surface area (Å²) in [6.45, 7) is 4.09. The zero-order valence-corrected chi connectivity index (χ0v) is 19.0. The lowest BCUT2D eigenvalue weighted by atomic mass is 9.96. The van der Waals surface area contributed by atoms with Crippen molar-refractivity contribution in [2.45, 2.75) is 20.4 Å². The molecule has 0 amide bonds. The second-order valence-corrected chi connectivity index (χ2v) is 7.58. The highest BCUT2D eigenvalue weighted by Crippen LogP contribution is 2.35. The summed E-state index contributed by atoms with van der Waals surface area (Å²) in [6, 6.07) is 9.83. The van der Waals surface area contributed by atoms with E-state index < -0.39 is 11.4 Å². The molecule has 3 rings (SSSR count). The molecule has 1 heterocycles. The molecule has 0 atom stereocenters. The molecule has 1 N–H and O–H groups in total. The third kappa shape index (κ3) is 4.01. The van der Waals surface area contributed by atoms with Crippen molar-refractivity contribution in [3.8, 4) is 33.9 Å². The molecule has 0 fully saturated rings. The van der Waals surface area contributed by atoms with Crippen LogP contribution < -0.4 is 14.9 Å². The van der Waals surface area contributed by atoms with Gasteiger partial charge in [0.05, 0.1) is 30.0 Å². The van der Waals surface area contributed by atoms with Crippen LogP contribution in [0.4, 0.5) is 0 Å². The molecule has 8 heteroatoms. The van der Waals surface area contributed by atoms with E-state index in [0.717, 1.165) is 0 Å². The zero-order chi connectivity index (χ0) is 22.9. The van der Waals surface area contributed by atoms with Gasteiger partial charge in [-0.3, -0.25) is 4.79 Å². The first-order valence-corrected chi connectivity index (χ1v) is 10.2. The van der Waals surface area contributed by atoms with Gasteiger partial charge in [-0.15, -0.1) is 0 Å². The molecule has 6 nitrogen and oxygen atoms in total. The van der Waals surface area contributed by atoms with Gasteiger partial charge in [0.15, 0.2) is 11.5 Å². The lowest BCUT2D eigenvalue weighted by molar-refractivity contribution is 0.0695. The minimum Gasteiger partial charge on any atom is -0.493 e. The summed E-state index contributed by atoms with van der Waals surface area (Å²) in [5, 5.41) is 10.6. The molecular weight excluding hydrogens is 441 g/mol. The van der Waals surface area contributed by atoms with E-state index in [-0.39, 0.29) is 21.8 Å².